The van der Waals surface area contributed by atoms with Gasteiger partial charge in [0.15, 0.2) is 5.78 Å². The number of rotatable bonds is 22. The first-order valence-corrected chi connectivity index (χ1v) is 16.5. The van der Waals surface area contributed by atoms with Gasteiger partial charge in [-0.1, -0.05) is 58.6 Å². The molecule has 11 heteroatoms. The van der Waals surface area contributed by atoms with E-state index in [1.807, 2.05) is 13.8 Å². The lowest BCUT2D eigenvalue weighted by molar-refractivity contribution is -0.135. The topological polar surface area (TPSA) is 148 Å². The highest BCUT2D eigenvalue weighted by Crippen LogP contribution is 2.22. The zero-order valence-electron chi connectivity index (χ0n) is 27.4. The van der Waals surface area contributed by atoms with Crippen LogP contribution in [-0.4, -0.2) is 66.6 Å². The molecule has 2 rings (SSSR count). The van der Waals surface area contributed by atoms with E-state index in [1.165, 1.54) is 0 Å². The molecule has 1 aliphatic rings. The number of halogens is 1. The van der Waals surface area contributed by atoms with E-state index in [0.29, 0.717) is 31.6 Å². The van der Waals surface area contributed by atoms with Crippen LogP contribution in [0.2, 0.25) is 0 Å². The van der Waals surface area contributed by atoms with Crippen molar-refractivity contribution in [3.63, 3.8) is 0 Å². The van der Waals surface area contributed by atoms with Gasteiger partial charge in [-0.05, 0) is 75.2 Å². The zero-order chi connectivity index (χ0) is 32.3. The highest BCUT2D eigenvalue weighted by atomic mass is 35.5. The van der Waals surface area contributed by atoms with Gasteiger partial charge in [0.05, 0.1) is 12.6 Å². The van der Waals surface area contributed by atoms with Gasteiger partial charge in [0, 0.05) is 31.7 Å². The predicted octanol–water partition coefficient (Wildman–Crippen LogP) is 4.50. The minimum Gasteiger partial charge on any atom is -0.426 e. The van der Waals surface area contributed by atoms with Gasteiger partial charge < -0.3 is 21.1 Å². The van der Waals surface area contributed by atoms with Crippen LogP contribution in [0.5, 0.6) is 5.75 Å². The molecule has 0 bridgehead atoms. The number of carbonyl (C=O) groups is 5. The molecule has 1 saturated heterocycles. The highest BCUT2D eigenvalue weighted by Gasteiger charge is 2.30. The molecular formula is C34H55ClN4O6. The first kappa shape index (κ1) is 40.0. The van der Waals surface area contributed by atoms with Crippen LogP contribution in [0.25, 0.3) is 0 Å². The summed E-state index contributed by atoms with van der Waals surface area (Å²) in [5, 5.41) is 5.90. The lowest BCUT2D eigenvalue weighted by Crippen LogP contribution is -2.45. The van der Waals surface area contributed by atoms with Gasteiger partial charge in [-0.2, -0.15) is 0 Å². The molecule has 0 saturated carbocycles. The lowest BCUT2D eigenvalue weighted by atomic mass is 9.84. The van der Waals surface area contributed by atoms with E-state index in [-0.39, 0.29) is 67.2 Å². The summed E-state index contributed by atoms with van der Waals surface area (Å²) in [6.07, 6.45) is 8.74. The zero-order valence-corrected chi connectivity index (χ0v) is 28.3. The third-order valence-corrected chi connectivity index (χ3v) is 8.37. The van der Waals surface area contributed by atoms with Crippen LogP contribution < -0.4 is 21.1 Å². The van der Waals surface area contributed by atoms with Crippen LogP contribution >= 0.6 is 12.4 Å². The van der Waals surface area contributed by atoms with E-state index in [2.05, 4.69) is 22.5 Å². The Hall–Kier alpha value is -2.98. The average molecular weight is 651 g/mol. The van der Waals surface area contributed by atoms with Crippen LogP contribution in [-0.2, 0) is 30.4 Å². The van der Waals surface area contributed by atoms with Crippen molar-refractivity contribution < 1.29 is 28.7 Å². The van der Waals surface area contributed by atoms with Gasteiger partial charge in [0.25, 0.3) is 0 Å². The second kappa shape index (κ2) is 22.5. The number of primary amides is 1. The Morgan fingerprint density at radius 3 is 2.22 bits per heavy atom. The molecule has 1 aromatic carbocycles. The molecule has 0 unspecified atom stereocenters. The fourth-order valence-corrected chi connectivity index (χ4v) is 5.40. The number of esters is 1. The van der Waals surface area contributed by atoms with E-state index in [9.17, 15) is 24.0 Å². The second-order valence-corrected chi connectivity index (χ2v) is 12.1. The maximum Gasteiger partial charge on any atom is 0.325 e. The van der Waals surface area contributed by atoms with Crippen LogP contribution in [0.15, 0.2) is 24.3 Å². The van der Waals surface area contributed by atoms with Gasteiger partial charge >= 0.3 is 5.97 Å². The number of hydrogen-bond donors (Lipinski definition) is 3. The minimum atomic E-state index is -0.777. The van der Waals surface area contributed by atoms with Crippen LogP contribution in [0, 0.1) is 11.8 Å². The summed E-state index contributed by atoms with van der Waals surface area (Å²) >= 11 is 0. The number of nitrogens with two attached hydrogens (primary N) is 1. The smallest absolute Gasteiger partial charge is 0.325 e. The molecule has 1 aliphatic heterocycles. The molecule has 0 aliphatic carbocycles. The van der Waals surface area contributed by atoms with Crippen molar-refractivity contribution in [3.05, 3.63) is 29.8 Å². The van der Waals surface area contributed by atoms with Gasteiger partial charge in [0.2, 0.25) is 17.7 Å². The number of carbonyl (C=O) groups excluding carboxylic acids is 5. The first-order chi connectivity index (χ1) is 21.1. The Kier molecular flexibility index (Phi) is 20.0. The third kappa shape index (κ3) is 16.2. The molecule has 1 heterocycles. The quantitative estimate of drug-likeness (QED) is 0.0951. The normalized spacial score (nSPS) is 14.9. The molecule has 3 atom stereocenters. The highest BCUT2D eigenvalue weighted by molar-refractivity contribution is 5.92. The number of benzene rings is 1. The largest absolute Gasteiger partial charge is 0.426 e. The van der Waals surface area contributed by atoms with Gasteiger partial charge in [-0.25, -0.2) is 0 Å². The molecule has 3 amide bonds. The van der Waals surface area contributed by atoms with Crippen LogP contribution in [0.3, 0.4) is 0 Å². The van der Waals surface area contributed by atoms with Crippen molar-refractivity contribution in [3.8, 4) is 5.75 Å². The van der Waals surface area contributed by atoms with Crippen molar-refractivity contribution in [2.45, 2.75) is 110 Å². The van der Waals surface area contributed by atoms with Gasteiger partial charge in [-0.3, -0.25) is 28.9 Å². The summed E-state index contributed by atoms with van der Waals surface area (Å²) in [6.45, 7) is 8.57. The van der Waals surface area contributed by atoms with Crippen LogP contribution in [0.1, 0.15) is 103 Å². The number of amides is 3. The predicted molar refractivity (Wildman–Crippen MR) is 178 cm³/mol. The Morgan fingerprint density at radius 1 is 0.933 bits per heavy atom. The monoisotopic (exact) mass is 650 g/mol. The number of nitrogens with zero attached hydrogens (tertiary/aromatic N) is 1. The standard InChI is InChI=1S/C34H54N4O6.ClH/c1-4-6-8-14-32(41)37-29(22-26-15-17-27(18-16-26)44-33(42)24-38-20-11-12-21-38)30(39)23-28(25(3)5-2)34(43)36-19-10-7-9-13-31(35)40;/h15-18,25,28-29H,4-14,19-24H2,1-3H3,(H2,35,40)(H,36,43)(H,37,41);1H/t25-,28-,29-;/m0./s1. The fourth-order valence-electron chi connectivity index (χ4n) is 5.40. The maximum absolute atomic E-state index is 13.7. The maximum atomic E-state index is 13.7. The summed E-state index contributed by atoms with van der Waals surface area (Å²) in [5.41, 5.74) is 6.00. The van der Waals surface area contributed by atoms with Gasteiger partial charge in [0.1, 0.15) is 5.75 Å². The van der Waals surface area contributed by atoms with Crippen LogP contribution in [0.4, 0.5) is 0 Å². The summed E-state index contributed by atoms with van der Waals surface area (Å²) in [5.74, 6) is -1.26. The van der Waals surface area contributed by atoms with Crippen molar-refractivity contribution >= 4 is 41.9 Å². The van der Waals surface area contributed by atoms with E-state index >= 15 is 0 Å². The molecule has 45 heavy (non-hydrogen) atoms. The fraction of sp³-hybridized carbons (Fsp3) is 0.676. The van der Waals surface area contributed by atoms with E-state index < -0.39 is 12.0 Å². The summed E-state index contributed by atoms with van der Waals surface area (Å²) in [6, 6.07) is 6.25. The summed E-state index contributed by atoms with van der Waals surface area (Å²) in [4.78, 5) is 65.0. The molecular weight excluding hydrogens is 596 g/mol. The minimum absolute atomic E-state index is 0. The first-order valence-electron chi connectivity index (χ1n) is 16.5. The van der Waals surface area contributed by atoms with Gasteiger partial charge in [-0.15, -0.1) is 12.4 Å². The number of ether oxygens (including phenoxy) is 1. The number of hydrogen-bond acceptors (Lipinski definition) is 7. The third-order valence-electron chi connectivity index (χ3n) is 8.37. The van der Waals surface area contributed by atoms with E-state index in [4.69, 9.17) is 10.5 Å². The van der Waals surface area contributed by atoms with Crippen molar-refractivity contribution in [2.75, 3.05) is 26.2 Å². The Balaban J connectivity index is 0.0000101. The van der Waals surface area contributed by atoms with E-state index in [0.717, 1.165) is 70.0 Å². The molecule has 1 aromatic rings. The Labute approximate surface area is 275 Å². The summed E-state index contributed by atoms with van der Waals surface area (Å²) < 4.78 is 5.50. The number of ketones is 1. The molecule has 1 fully saturated rings. The Bertz CT molecular complexity index is 1060. The average Bonchev–Trinajstić information content (AvgIpc) is 3.50. The van der Waals surface area contributed by atoms with Crippen molar-refractivity contribution in [1.82, 2.24) is 15.5 Å². The number of unbranched alkanes of at least 4 members (excludes halogenated alkanes) is 4. The molecule has 4 N–H and O–H groups in total. The molecule has 0 spiro atoms. The molecule has 0 aromatic heterocycles. The van der Waals surface area contributed by atoms with Crippen molar-refractivity contribution in [2.24, 2.45) is 17.6 Å². The SMILES string of the molecule is CCCCCC(=O)N[C@@H](Cc1ccc(OC(=O)CN2CCCC2)cc1)C(=O)C[C@H](C(=O)NCCCCCC(N)=O)[C@@H](C)CC.Cl. The second-order valence-electron chi connectivity index (χ2n) is 12.1. The number of likely N-dealkylation sites (tertiary alicyclic amines) is 1. The molecule has 10 nitrogen and oxygen atoms in total. The number of Topliss-reactive ketones (excluding diaryl/α,β-unsaturated/α-hetero) is 1. The molecule has 0 radical (unpaired) electrons. The number of nitrogens with one attached hydrogen (secondary N) is 2. The van der Waals surface area contributed by atoms with E-state index in [1.54, 1.807) is 24.3 Å². The molecule has 254 valence electrons. The Morgan fingerprint density at radius 2 is 1.60 bits per heavy atom. The van der Waals surface area contributed by atoms with Crippen molar-refractivity contribution in [1.29, 1.82) is 0 Å². The lowest BCUT2D eigenvalue weighted by Gasteiger charge is -2.25. The summed E-state index contributed by atoms with van der Waals surface area (Å²) in [7, 11) is 0.